The summed E-state index contributed by atoms with van der Waals surface area (Å²) in [7, 11) is 2.01. The molecule has 1 N–H and O–H groups in total. The minimum atomic E-state index is 0.585. The van der Waals surface area contributed by atoms with Crippen molar-refractivity contribution in [3.8, 4) is 0 Å². The predicted molar refractivity (Wildman–Crippen MR) is 46.7 cm³/mol. The zero-order chi connectivity index (χ0) is 8.10. The van der Waals surface area contributed by atoms with Crippen molar-refractivity contribution in [3.05, 3.63) is 0 Å². The van der Waals surface area contributed by atoms with Gasteiger partial charge in [0.25, 0.3) is 0 Å². The standard InChI is InChI=1S/C9H19NO/c1-3-11-9-6-8(7-9)4-5-10-2/h8-10H,3-7H2,1-2H3. The second-order valence-electron chi connectivity index (χ2n) is 3.31. The van der Waals surface area contributed by atoms with Gasteiger partial charge in [0.15, 0.2) is 0 Å². The Balaban J connectivity index is 1.92. The van der Waals surface area contributed by atoms with Crippen LogP contribution in [-0.2, 0) is 4.74 Å². The van der Waals surface area contributed by atoms with Crippen molar-refractivity contribution in [1.82, 2.24) is 5.32 Å². The summed E-state index contributed by atoms with van der Waals surface area (Å²) in [5.74, 6) is 0.930. The fourth-order valence-electron chi connectivity index (χ4n) is 1.63. The van der Waals surface area contributed by atoms with Crippen LogP contribution in [0.1, 0.15) is 26.2 Å². The molecule has 1 fully saturated rings. The molecule has 0 bridgehead atoms. The van der Waals surface area contributed by atoms with Gasteiger partial charge in [-0.25, -0.2) is 0 Å². The average molecular weight is 157 g/mol. The Labute approximate surface area is 69.3 Å². The van der Waals surface area contributed by atoms with Crippen molar-refractivity contribution >= 4 is 0 Å². The van der Waals surface area contributed by atoms with E-state index in [1.54, 1.807) is 0 Å². The van der Waals surface area contributed by atoms with Gasteiger partial charge in [-0.2, -0.15) is 0 Å². The van der Waals surface area contributed by atoms with E-state index in [1.165, 1.54) is 19.3 Å². The molecule has 0 aromatic carbocycles. The predicted octanol–water partition coefficient (Wildman–Crippen LogP) is 1.41. The number of hydrogen-bond acceptors (Lipinski definition) is 2. The van der Waals surface area contributed by atoms with Crippen molar-refractivity contribution in [3.63, 3.8) is 0 Å². The molecule has 0 amide bonds. The minimum absolute atomic E-state index is 0.585. The van der Waals surface area contributed by atoms with E-state index in [4.69, 9.17) is 4.74 Å². The molecule has 0 aromatic rings. The van der Waals surface area contributed by atoms with Gasteiger partial charge in [-0.1, -0.05) is 0 Å². The van der Waals surface area contributed by atoms with E-state index in [9.17, 15) is 0 Å². The molecule has 0 unspecified atom stereocenters. The molecule has 1 aliphatic rings. The lowest BCUT2D eigenvalue weighted by Gasteiger charge is -2.34. The first-order valence-corrected chi connectivity index (χ1v) is 4.63. The summed E-state index contributed by atoms with van der Waals surface area (Å²) in [6, 6.07) is 0. The molecule has 0 saturated heterocycles. The molecule has 1 aliphatic carbocycles. The Morgan fingerprint density at radius 3 is 2.73 bits per heavy atom. The van der Waals surface area contributed by atoms with Crippen LogP contribution in [0.25, 0.3) is 0 Å². The van der Waals surface area contributed by atoms with E-state index in [0.717, 1.165) is 19.1 Å². The van der Waals surface area contributed by atoms with E-state index in [1.807, 2.05) is 7.05 Å². The Kier molecular flexibility index (Phi) is 3.87. The van der Waals surface area contributed by atoms with Crippen LogP contribution in [0, 0.1) is 5.92 Å². The lowest BCUT2D eigenvalue weighted by atomic mass is 9.80. The van der Waals surface area contributed by atoms with Crippen LogP contribution in [0.3, 0.4) is 0 Å². The van der Waals surface area contributed by atoms with E-state index in [2.05, 4.69) is 12.2 Å². The third-order valence-corrected chi connectivity index (χ3v) is 2.40. The molecule has 11 heavy (non-hydrogen) atoms. The van der Waals surface area contributed by atoms with Gasteiger partial charge >= 0.3 is 0 Å². The summed E-state index contributed by atoms with van der Waals surface area (Å²) in [6.07, 6.45) is 4.48. The van der Waals surface area contributed by atoms with Crippen LogP contribution in [0.15, 0.2) is 0 Å². The summed E-state index contributed by atoms with van der Waals surface area (Å²) in [5.41, 5.74) is 0. The fraction of sp³-hybridized carbons (Fsp3) is 1.00. The van der Waals surface area contributed by atoms with Gasteiger partial charge in [0.1, 0.15) is 0 Å². The van der Waals surface area contributed by atoms with Crippen molar-refractivity contribution in [1.29, 1.82) is 0 Å². The highest BCUT2D eigenvalue weighted by Crippen LogP contribution is 2.32. The monoisotopic (exact) mass is 157 g/mol. The number of rotatable bonds is 5. The second-order valence-corrected chi connectivity index (χ2v) is 3.31. The largest absolute Gasteiger partial charge is 0.378 e. The third kappa shape index (κ3) is 2.80. The average Bonchev–Trinajstić information content (AvgIpc) is 1.94. The van der Waals surface area contributed by atoms with Gasteiger partial charge in [-0.05, 0) is 45.7 Å². The van der Waals surface area contributed by atoms with Crippen molar-refractivity contribution in [2.24, 2.45) is 5.92 Å². The third-order valence-electron chi connectivity index (χ3n) is 2.40. The topological polar surface area (TPSA) is 21.3 Å². The first kappa shape index (κ1) is 9.01. The first-order chi connectivity index (χ1) is 5.36. The minimum Gasteiger partial charge on any atom is -0.378 e. The Bertz CT molecular complexity index is 99.7. The van der Waals surface area contributed by atoms with Crippen LogP contribution >= 0.6 is 0 Å². The maximum Gasteiger partial charge on any atom is 0.0580 e. The molecule has 66 valence electrons. The SMILES string of the molecule is CCOC1CC(CCNC)C1. The summed E-state index contributed by atoms with van der Waals surface area (Å²) in [4.78, 5) is 0. The Morgan fingerprint density at radius 2 is 2.18 bits per heavy atom. The number of hydrogen-bond donors (Lipinski definition) is 1. The smallest absolute Gasteiger partial charge is 0.0580 e. The molecule has 2 nitrogen and oxygen atoms in total. The van der Waals surface area contributed by atoms with E-state index >= 15 is 0 Å². The first-order valence-electron chi connectivity index (χ1n) is 4.63. The van der Waals surface area contributed by atoms with Crippen LogP contribution in [0.5, 0.6) is 0 Å². The van der Waals surface area contributed by atoms with E-state index in [-0.39, 0.29) is 0 Å². The Morgan fingerprint density at radius 1 is 1.45 bits per heavy atom. The molecule has 0 radical (unpaired) electrons. The molecule has 0 heterocycles. The molecule has 1 rings (SSSR count). The lowest BCUT2D eigenvalue weighted by molar-refractivity contribution is -0.0262. The molecule has 0 atom stereocenters. The quantitative estimate of drug-likeness (QED) is 0.651. The van der Waals surface area contributed by atoms with Gasteiger partial charge in [0, 0.05) is 6.61 Å². The van der Waals surface area contributed by atoms with Gasteiger partial charge in [-0.3, -0.25) is 0 Å². The Hall–Kier alpha value is -0.0800. The zero-order valence-corrected chi connectivity index (χ0v) is 7.60. The molecule has 1 saturated carbocycles. The molecule has 2 heteroatoms. The van der Waals surface area contributed by atoms with Gasteiger partial charge in [-0.15, -0.1) is 0 Å². The van der Waals surface area contributed by atoms with Crippen LogP contribution in [0.4, 0.5) is 0 Å². The molecule has 0 spiro atoms. The maximum absolute atomic E-state index is 5.47. The lowest BCUT2D eigenvalue weighted by Crippen LogP contribution is -2.32. The second kappa shape index (κ2) is 4.73. The van der Waals surface area contributed by atoms with E-state index in [0.29, 0.717) is 6.10 Å². The van der Waals surface area contributed by atoms with Crippen molar-refractivity contribution < 1.29 is 4.74 Å². The van der Waals surface area contributed by atoms with Crippen LogP contribution < -0.4 is 5.32 Å². The number of nitrogens with one attached hydrogen (secondary N) is 1. The summed E-state index contributed by atoms with van der Waals surface area (Å²) >= 11 is 0. The van der Waals surface area contributed by atoms with Crippen molar-refractivity contribution in [2.45, 2.75) is 32.3 Å². The number of ether oxygens (including phenoxy) is 1. The molecular formula is C9H19NO. The molecule has 0 aromatic heterocycles. The summed E-state index contributed by atoms with van der Waals surface area (Å²) in [6.45, 7) is 4.11. The fourth-order valence-corrected chi connectivity index (χ4v) is 1.63. The highest BCUT2D eigenvalue weighted by Gasteiger charge is 2.28. The summed E-state index contributed by atoms with van der Waals surface area (Å²) < 4.78 is 5.47. The summed E-state index contributed by atoms with van der Waals surface area (Å²) in [5, 5.41) is 3.17. The molecule has 0 aliphatic heterocycles. The van der Waals surface area contributed by atoms with Crippen LogP contribution in [-0.4, -0.2) is 26.3 Å². The highest BCUT2D eigenvalue weighted by molar-refractivity contribution is 4.80. The highest BCUT2D eigenvalue weighted by atomic mass is 16.5. The van der Waals surface area contributed by atoms with Gasteiger partial charge in [0.2, 0.25) is 0 Å². The van der Waals surface area contributed by atoms with Gasteiger partial charge < -0.3 is 10.1 Å². The maximum atomic E-state index is 5.47. The van der Waals surface area contributed by atoms with E-state index < -0.39 is 0 Å². The van der Waals surface area contributed by atoms with Gasteiger partial charge in [0.05, 0.1) is 6.10 Å². The van der Waals surface area contributed by atoms with Crippen LogP contribution in [0.2, 0.25) is 0 Å². The molecular weight excluding hydrogens is 138 g/mol. The zero-order valence-electron chi connectivity index (χ0n) is 7.60. The normalized spacial score (nSPS) is 30.0. The van der Waals surface area contributed by atoms with Crippen molar-refractivity contribution in [2.75, 3.05) is 20.2 Å².